The van der Waals surface area contributed by atoms with Crippen LogP contribution >= 0.6 is 0 Å². The van der Waals surface area contributed by atoms with Gasteiger partial charge in [0.05, 0.1) is 17.3 Å². The normalized spacial score (nSPS) is 31.4. The number of nitrogens with two attached hydrogens (primary N) is 1. The molecule has 0 aliphatic heterocycles. The predicted molar refractivity (Wildman–Crippen MR) is 135 cm³/mol. The van der Waals surface area contributed by atoms with Crippen LogP contribution in [0.5, 0.6) is 5.75 Å². The van der Waals surface area contributed by atoms with Crippen LogP contribution in [0.4, 0.5) is 14.5 Å². The number of anilines is 1. The number of Topliss-reactive ketones (excluding diaryl/α,β-unsaturated/α-hetero) is 2. The topological polar surface area (TPSA) is 190 Å². The molecule has 4 atom stereocenters. The van der Waals surface area contributed by atoms with Gasteiger partial charge >= 0.3 is 0 Å². The second-order valence-electron chi connectivity index (χ2n) is 11.3. The molecule has 13 heteroatoms. The Hall–Kier alpha value is -3.84. The minimum absolute atomic E-state index is 0.0554. The van der Waals surface area contributed by atoms with Gasteiger partial charge in [0.2, 0.25) is 11.7 Å². The van der Waals surface area contributed by atoms with Crippen molar-refractivity contribution in [3.63, 3.8) is 0 Å². The molecule has 0 unspecified atom stereocenters. The molecule has 40 heavy (non-hydrogen) atoms. The van der Waals surface area contributed by atoms with Crippen LogP contribution in [0.25, 0.3) is 5.76 Å². The molecule has 2 amide bonds. The third kappa shape index (κ3) is 3.90. The number of carbonyl (C=O) groups excluding carboxylic acids is 4. The van der Waals surface area contributed by atoms with Crippen molar-refractivity contribution in [2.24, 2.45) is 23.5 Å². The van der Waals surface area contributed by atoms with Crippen molar-refractivity contribution in [2.45, 2.75) is 49.9 Å². The minimum atomic E-state index is -2.82. The van der Waals surface area contributed by atoms with Crippen LogP contribution in [-0.2, 0) is 25.6 Å². The molecule has 0 heterocycles. The Balaban J connectivity index is 1.59. The van der Waals surface area contributed by atoms with E-state index in [0.717, 1.165) is 6.07 Å². The second-order valence-corrected chi connectivity index (χ2v) is 11.3. The van der Waals surface area contributed by atoms with Gasteiger partial charge in [-0.1, -0.05) is 0 Å². The van der Waals surface area contributed by atoms with Crippen molar-refractivity contribution in [1.29, 1.82) is 0 Å². The lowest BCUT2D eigenvalue weighted by Gasteiger charge is -2.50. The van der Waals surface area contributed by atoms with Crippen molar-refractivity contribution < 1.29 is 48.4 Å². The number of aliphatic hydroxyl groups excluding tert-OH is 2. The molecule has 0 spiro atoms. The summed E-state index contributed by atoms with van der Waals surface area (Å²) in [5.74, 6) is -10.2. The number of phenolic OH excluding ortho intramolecular Hbond substituents is 1. The number of primary amides is 1. The van der Waals surface area contributed by atoms with Crippen LogP contribution in [0.1, 0.15) is 36.8 Å². The first-order chi connectivity index (χ1) is 18.7. The van der Waals surface area contributed by atoms with Gasteiger partial charge < -0.3 is 31.5 Å². The highest BCUT2D eigenvalue weighted by atomic mass is 19.1. The van der Waals surface area contributed by atoms with Crippen molar-refractivity contribution in [3.8, 4) is 5.75 Å². The zero-order valence-electron chi connectivity index (χ0n) is 21.7. The van der Waals surface area contributed by atoms with Gasteiger partial charge in [-0.2, -0.15) is 0 Å². The number of rotatable bonds is 5. The number of nitrogens with one attached hydrogen (secondary N) is 1. The highest BCUT2D eigenvalue weighted by Gasteiger charge is 2.64. The van der Waals surface area contributed by atoms with E-state index < -0.39 is 92.8 Å². The Bertz CT molecular complexity index is 1430. The van der Waals surface area contributed by atoms with E-state index in [0.29, 0.717) is 0 Å². The molecule has 0 bridgehead atoms. The lowest BCUT2D eigenvalue weighted by Crippen LogP contribution is -2.65. The third-order valence-corrected chi connectivity index (χ3v) is 8.59. The average Bonchev–Trinajstić information content (AvgIpc) is 2.83. The molecule has 0 saturated heterocycles. The summed E-state index contributed by atoms with van der Waals surface area (Å²) in [6.07, 6.45) is -0.992. The summed E-state index contributed by atoms with van der Waals surface area (Å²) in [6.45, 7) is 0. The lowest BCUT2D eigenvalue weighted by atomic mass is 9.57. The molecule has 2 fully saturated rings. The zero-order chi connectivity index (χ0) is 29.4. The molecule has 4 aliphatic carbocycles. The first-order valence-electron chi connectivity index (χ1n) is 12.8. The van der Waals surface area contributed by atoms with Crippen molar-refractivity contribution in [2.75, 3.05) is 19.4 Å². The maximum atomic E-state index is 15.3. The Kier molecular flexibility index (Phi) is 6.49. The highest BCUT2D eigenvalue weighted by molar-refractivity contribution is 6.24. The van der Waals surface area contributed by atoms with E-state index in [2.05, 4.69) is 5.32 Å². The largest absolute Gasteiger partial charge is 0.508 e. The maximum Gasteiger partial charge on any atom is 0.255 e. The molecule has 1 aromatic rings. The third-order valence-electron chi connectivity index (χ3n) is 8.59. The molecule has 4 aliphatic rings. The van der Waals surface area contributed by atoms with Crippen molar-refractivity contribution in [3.05, 3.63) is 39.9 Å². The first-order valence-corrected chi connectivity index (χ1v) is 12.8. The number of ketones is 2. The number of aliphatic hydroxyl groups is 3. The molecule has 11 nitrogen and oxygen atoms in total. The number of benzene rings is 1. The zero-order valence-corrected chi connectivity index (χ0v) is 21.7. The Morgan fingerprint density at radius 2 is 1.82 bits per heavy atom. The number of carbonyl (C=O) groups is 4. The minimum Gasteiger partial charge on any atom is -0.508 e. The second kappa shape index (κ2) is 9.37. The fourth-order valence-corrected chi connectivity index (χ4v) is 6.65. The average molecular weight is 562 g/mol. The number of halogens is 2. The number of fused-ring (bicyclic) bond motifs is 3. The van der Waals surface area contributed by atoms with Crippen LogP contribution in [0, 0.1) is 23.6 Å². The van der Waals surface area contributed by atoms with Gasteiger partial charge in [-0.3, -0.25) is 24.1 Å². The van der Waals surface area contributed by atoms with Gasteiger partial charge in [-0.05, 0) is 51.6 Å². The van der Waals surface area contributed by atoms with Crippen LogP contribution < -0.4 is 11.1 Å². The highest BCUT2D eigenvalue weighted by Crippen LogP contribution is 2.53. The molecule has 214 valence electrons. The number of phenols is 1. The van der Waals surface area contributed by atoms with Crippen LogP contribution in [0.15, 0.2) is 23.0 Å². The van der Waals surface area contributed by atoms with Gasteiger partial charge in [0.15, 0.2) is 17.1 Å². The Morgan fingerprint density at radius 3 is 2.40 bits per heavy atom. The van der Waals surface area contributed by atoms with Gasteiger partial charge in [0.1, 0.15) is 29.1 Å². The van der Waals surface area contributed by atoms with E-state index in [1.807, 2.05) is 0 Å². The monoisotopic (exact) mass is 561 g/mol. The lowest BCUT2D eigenvalue weighted by molar-refractivity contribution is -0.153. The van der Waals surface area contributed by atoms with E-state index in [4.69, 9.17) is 5.73 Å². The molecule has 0 aromatic heterocycles. The smallest absolute Gasteiger partial charge is 0.255 e. The van der Waals surface area contributed by atoms with E-state index in [1.165, 1.54) is 19.0 Å². The maximum absolute atomic E-state index is 15.3. The Morgan fingerprint density at radius 1 is 1.18 bits per heavy atom. The van der Waals surface area contributed by atoms with E-state index in [9.17, 15) is 44.0 Å². The summed E-state index contributed by atoms with van der Waals surface area (Å²) in [7, 11) is 2.95. The summed E-state index contributed by atoms with van der Waals surface area (Å²) in [4.78, 5) is 52.7. The van der Waals surface area contributed by atoms with Gasteiger partial charge in [-0.25, -0.2) is 8.78 Å². The molecule has 7 N–H and O–H groups in total. The standard InChI is InChI=1S/C27H29F2N3O8/c1-32(2)20-13-7-10-6-12-14(29)8-15(31-16(33)5-9-3-11(28)4-9)21(34)18(12)22(35)17(10)24(37)27(13,40)25(38)19(23(20)36)26(30)39/h8-11,13,20,34-35,38,40H,3-7H2,1-2H3,(H2,30,39)(H,31,33)/t9?,10-,11?,13-,20-,27-/m0/s1. The predicted octanol–water partition coefficient (Wildman–Crippen LogP) is 1.18. The van der Waals surface area contributed by atoms with Crippen molar-refractivity contribution >= 4 is 34.8 Å². The fourth-order valence-electron chi connectivity index (χ4n) is 6.65. The summed E-state index contributed by atoms with van der Waals surface area (Å²) < 4.78 is 28.4. The molecular formula is C27H29F2N3O8. The summed E-state index contributed by atoms with van der Waals surface area (Å²) >= 11 is 0. The molecular weight excluding hydrogens is 532 g/mol. The SMILES string of the molecule is CN(C)[C@@H]1C(=O)C(C(N)=O)=C(O)[C@@]2(O)C(=O)C3=C(O)c4c(O)c(NC(=O)CC5CC(F)C5)cc(F)c4C[C@H]3C[C@@H]12. The van der Waals surface area contributed by atoms with E-state index in [1.54, 1.807) is 0 Å². The van der Waals surface area contributed by atoms with Gasteiger partial charge in [0.25, 0.3) is 5.91 Å². The fraction of sp³-hybridized carbons (Fsp3) is 0.481. The molecule has 2 saturated carbocycles. The number of amides is 2. The molecule has 0 radical (unpaired) electrons. The summed E-state index contributed by atoms with van der Waals surface area (Å²) in [6, 6.07) is -0.374. The van der Waals surface area contributed by atoms with Crippen LogP contribution in [-0.4, -0.2) is 80.6 Å². The molecule has 1 aromatic carbocycles. The Labute approximate surface area is 226 Å². The number of likely N-dealkylation sites (N-methyl/N-ethyl adjacent to an activating group) is 1. The number of aromatic hydroxyl groups is 1. The van der Waals surface area contributed by atoms with Crippen molar-refractivity contribution in [1.82, 2.24) is 4.90 Å². The quantitative estimate of drug-likeness (QED) is 0.226. The van der Waals surface area contributed by atoms with Crippen LogP contribution in [0.2, 0.25) is 0 Å². The van der Waals surface area contributed by atoms with E-state index in [-0.39, 0.29) is 49.3 Å². The number of hydrogen-bond donors (Lipinski definition) is 6. The van der Waals surface area contributed by atoms with Gasteiger partial charge in [0, 0.05) is 29.5 Å². The van der Waals surface area contributed by atoms with E-state index >= 15 is 4.39 Å². The number of alkyl halides is 1. The number of nitrogens with zero attached hydrogens (tertiary/aromatic N) is 1. The van der Waals surface area contributed by atoms with Crippen LogP contribution in [0.3, 0.4) is 0 Å². The summed E-state index contributed by atoms with van der Waals surface area (Å²) in [5.41, 5.74) is 0.0978. The summed E-state index contributed by atoms with van der Waals surface area (Å²) in [5, 5.41) is 47.0. The number of hydrogen-bond acceptors (Lipinski definition) is 9. The van der Waals surface area contributed by atoms with Gasteiger partial charge in [-0.15, -0.1) is 0 Å². The molecule has 5 rings (SSSR count). The first kappa shape index (κ1) is 27.7.